The van der Waals surface area contributed by atoms with Crippen LogP contribution < -0.4 is 0 Å². The number of pyridine rings is 2. The molecule has 2 heterocycles. The Kier molecular flexibility index (Phi) is 7.96. The van der Waals surface area contributed by atoms with Crippen LogP contribution in [0.2, 0.25) is 0 Å². The fraction of sp³-hybridized carbons (Fsp3) is 0.704. The highest BCUT2D eigenvalue weighted by molar-refractivity contribution is 5.74. The number of rotatable bonds is 2. The Hall–Kier alpha value is -1.44. The Balaban J connectivity index is 1.49. The lowest BCUT2D eigenvalue weighted by atomic mass is 9.88. The molecule has 4 rings (SSSR count). The Labute approximate surface area is 177 Å². The fourth-order valence-electron chi connectivity index (χ4n) is 5.53. The van der Waals surface area contributed by atoms with E-state index in [0.717, 1.165) is 11.0 Å². The molecule has 2 aromatic rings. The summed E-state index contributed by atoms with van der Waals surface area (Å²) in [5.74, 6) is 1.30. The van der Waals surface area contributed by atoms with Gasteiger partial charge >= 0.3 is 0 Å². The molecule has 0 bridgehead atoms. The Morgan fingerprint density at radius 2 is 0.724 bits per heavy atom. The summed E-state index contributed by atoms with van der Waals surface area (Å²) in [7, 11) is 0. The number of nitrogens with zero attached hydrogens (tertiary/aromatic N) is 2. The van der Waals surface area contributed by atoms with Crippen molar-refractivity contribution in [2.75, 3.05) is 0 Å². The van der Waals surface area contributed by atoms with Gasteiger partial charge in [0.05, 0.1) is 11.0 Å². The van der Waals surface area contributed by atoms with Crippen LogP contribution in [0.25, 0.3) is 11.0 Å². The van der Waals surface area contributed by atoms with E-state index in [2.05, 4.69) is 24.3 Å². The standard InChI is InChI=1S/C27H40N2/c1-2-4-7-11-15-22(14-10-6-3-1)24-18-20-27-26(28-24)21-19-25(29-27)23-16-12-8-5-9-13-17-23/h18-23H,1-17H2. The summed E-state index contributed by atoms with van der Waals surface area (Å²) in [6.07, 6.45) is 23.4. The zero-order chi connectivity index (χ0) is 19.7. The largest absolute Gasteiger partial charge is 0.251 e. The van der Waals surface area contributed by atoms with Crippen molar-refractivity contribution in [1.82, 2.24) is 9.97 Å². The minimum Gasteiger partial charge on any atom is -0.251 e. The van der Waals surface area contributed by atoms with Gasteiger partial charge in [0.15, 0.2) is 0 Å². The van der Waals surface area contributed by atoms with Gasteiger partial charge in [0, 0.05) is 23.2 Å². The summed E-state index contributed by atoms with van der Waals surface area (Å²) in [5, 5.41) is 0. The summed E-state index contributed by atoms with van der Waals surface area (Å²) in [4.78, 5) is 10.2. The highest BCUT2D eigenvalue weighted by atomic mass is 14.8. The zero-order valence-corrected chi connectivity index (χ0v) is 18.4. The summed E-state index contributed by atoms with van der Waals surface area (Å²) < 4.78 is 0. The number of fused-ring (bicyclic) bond motifs is 1. The lowest BCUT2D eigenvalue weighted by Gasteiger charge is -2.20. The van der Waals surface area contributed by atoms with E-state index in [1.165, 1.54) is 121 Å². The number of aromatic nitrogens is 2. The van der Waals surface area contributed by atoms with E-state index in [1.54, 1.807) is 0 Å². The molecule has 0 spiro atoms. The van der Waals surface area contributed by atoms with Gasteiger partial charge in [-0.05, 0) is 49.9 Å². The van der Waals surface area contributed by atoms with Crippen molar-refractivity contribution in [2.24, 2.45) is 0 Å². The normalized spacial score (nSPS) is 21.9. The second-order valence-corrected chi connectivity index (χ2v) is 9.66. The maximum absolute atomic E-state index is 5.11. The monoisotopic (exact) mass is 392 g/mol. The Bertz CT molecular complexity index is 733. The van der Waals surface area contributed by atoms with E-state index in [4.69, 9.17) is 9.97 Å². The van der Waals surface area contributed by atoms with Crippen LogP contribution in [0.1, 0.15) is 132 Å². The van der Waals surface area contributed by atoms with E-state index in [0.29, 0.717) is 11.8 Å². The third-order valence-electron chi connectivity index (χ3n) is 7.38. The van der Waals surface area contributed by atoms with Crippen molar-refractivity contribution >= 4 is 11.0 Å². The van der Waals surface area contributed by atoms with E-state index >= 15 is 0 Å². The predicted octanol–water partition coefficient (Wildman–Crippen LogP) is 8.46. The number of hydrogen-bond acceptors (Lipinski definition) is 2. The fourth-order valence-corrected chi connectivity index (χ4v) is 5.53. The van der Waals surface area contributed by atoms with Crippen LogP contribution >= 0.6 is 0 Å². The van der Waals surface area contributed by atoms with Gasteiger partial charge in [0.25, 0.3) is 0 Å². The molecular weight excluding hydrogens is 352 g/mol. The van der Waals surface area contributed by atoms with Crippen LogP contribution in [0.15, 0.2) is 24.3 Å². The summed E-state index contributed by atoms with van der Waals surface area (Å²) >= 11 is 0. The lowest BCUT2D eigenvalue weighted by Crippen LogP contribution is -2.06. The highest BCUT2D eigenvalue weighted by Gasteiger charge is 2.17. The van der Waals surface area contributed by atoms with Crippen LogP contribution in [-0.4, -0.2) is 9.97 Å². The first-order chi connectivity index (χ1) is 14.4. The molecule has 0 aromatic carbocycles. The van der Waals surface area contributed by atoms with Crippen molar-refractivity contribution in [3.63, 3.8) is 0 Å². The molecule has 0 radical (unpaired) electrons. The molecule has 158 valence electrons. The number of hydrogen-bond donors (Lipinski definition) is 0. The van der Waals surface area contributed by atoms with Gasteiger partial charge in [-0.15, -0.1) is 0 Å². The van der Waals surface area contributed by atoms with Crippen molar-refractivity contribution < 1.29 is 0 Å². The van der Waals surface area contributed by atoms with E-state index in [1.807, 2.05) is 0 Å². The van der Waals surface area contributed by atoms with Gasteiger partial charge in [-0.2, -0.15) is 0 Å². The molecule has 2 fully saturated rings. The van der Waals surface area contributed by atoms with E-state index in [-0.39, 0.29) is 0 Å². The third-order valence-corrected chi connectivity index (χ3v) is 7.38. The van der Waals surface area contributed by atoms with Crippen molar-refractivity contribution in [3.8, 4) is 0 Å². The minimum atomic E-state index is 0.641. The van der Waals surface area contributed by atoms with Crippen LogP contribution in [0.3, 0.4) is 0 Å². The molecule has 2 heteroatoms. The quantitative estimate of drug-likeness (QED) is 0.512. The zero-order valence-electron chi connectivity index (χ0n) is 18.4. The highest BCUT2D eigenvalue weighted by Crippen LogP contribution is 2.32. The van der Waals surface area contributed by atoms with E-state index in [9.17, 15) is 0 Å². The van der Waals surface area contributed by atoms with Gasteiger partial charge in [0.2, 0.25) is 0 Å². The Morgan fingerprint density at radius 3 is 1.07 bits per heavy atom. The van der Waals surface area contributed by atoms with Crippen molar-refractivity contribution in [3.05, 3.63) is 35.7 Å². The van der Waals surface area contributed by atoms with E-state index < -0.39 is 0 Å². The topological polar surface area (TPSA) is 25.8 Å². The minimum absolute atomic E-state index is 0.641. The lowest BCUT2D eigenvalue weighted by molar-refractivity contribution is 0.450. The van der Waals surface area contributed by atoms with Gasteiger partial charge < -0.3 is 0 Å². The average molecular weight is 393 g/mol. The van der Waals surface area contributed by atoms with Crippen LogP contribution in [0.4, 0.5) is 0 Å². The molecule has 0 amide bonds. The van der Waals surface area contributed by atoms with Gasteiger partial charge in [-0.25, -0.2) is 0 Å². The van der Waals surface area contributed by atoms with Crippen LogP contribution in [0.5, 0.6) is 0 Å². The summed E-state index contributed by atoms with van der Waals surface area (Å²) in [6.45, 7) is 0. The first-order valence-electron chi connectivity index (χ1n) is 12.7. The van der Waals surface area contributed by atoms with Gasteiger partial charge in [-0.1, -0.05) is 83.5 Å². The predicted molar refractivity (Wildman–Crippen MR) is 124 cm³/mol. The van der Waals surface area contributed by atoms with Gasteiger partial charge in [-0.3, -0.25) is 9.97 Å². The first-order valence-corrected chi connectivity index (χ1v) is 12.7. The second-order valence-electron chi connectivity index (χ2n) is 9.66. The Morgan fingerprint density at radius 1 is 0.414 bits per heavy atom. The second kappa shape index (κ2) is 11.1. The molecule has 0 N–H and O–H groups in total. The van der Waals surface area contributed by atoms with Gasteiger partial charge in [0.1, 0.15) is 0 Å². The third kappa shape index (κ3) is 6.03. The molecule has 2 saturated carbocycles. The first kappa shape index (κ1) is 20.8. The SMILES string of the molecule is c1cc2nc(C3CCCCCCC3)ccc2nc1C1CCCCCCCCCC1. The van der Waals surface area contributed by atoms with Crippen molar-refractivity contribution in [1.29, 1.82) is 0 Å². The summed E-state index contributed by atoms with van der Waals surface area (Å²) in [5.41, 5.74) is 4.83. The molecule has 2 aliphatic carbocycles. The molecule has 2 aromatic heterocycles. The smallest absolute Gasteiger partial charge is 0.0890 e. The molecule has 29 heavy (non-hydrogen) atoms. The maximum Gasteiger partial charge on any atom is 0.0890 e. The molecule has 0 atom stereocenters. The van der Waals surface area contributed by atoms with Crippen molar-refractivity contribution in [2.45, 2.75) is 121 Å². The summed E-state index contributed by atoms with van der Waals surface area (Å²) in [6, 6.07) is 9.09. The molecule has 0 unspecified atom stereocenters. The maximum atomic E-state index is 5.11. The molecule has 2 nitrogen and oxygen atoms in total. The molecule has 0 saturated heterocycles. The van der Waals surface area contributed by atoms with Crippen LogP contribution in [0, 0.1) is 0 Å². The average Bonchev–Trinajstić information content (AvgIpc) is 2.78. The van der Waals surface area contributed by atoms with Crippen LogP contribution in [-0.2, 0) is 0 Å². The molecule has 0 aliphatic heterocycles. The molecular formula is C27H40N2. The molecule has 2 aliphatic rings.